The Morgan fingerprint density at radius 2 is 2.04 bits per heavy atom. The first-order valence-corrected chi connectivity index (χ1v) is 6.50. The molecule has 3 rings (SSSR count). The minimum absolute atomic E-state index is 0.0463. The van der Waals surface area contributed by atoms with Gasteiger partial charge in [-0.15, -0.1) is 0 Å². The smallest absolute Gasteiger partial charge is 0.270 e. The first kappa shape index (κ1) is 14.5. The average molecular weight is 312 g/mol. The fourth-order valence-corrected chi connectivity index (χ4v) is 2.04. The number of amides is 1. The summed E-state index contributed by atoms with van der Waals surface area (Å²) in [6.45, 7) is 0. The van der Waals surface area contributed by atoms with E-state index in [1.807, 2.05) is 0 Å². The predicted molar refractivity (Wildman–Crippen MR) is 80.5 cm³/mol. The van der Waals surface area contributed by atoms with Gasteiger partial charge in [-0.1, -0.05) is 0 Å². The van der Waals surface area contributed by atoms with Crippen molar-refractivity contribution in [3.8, 4) is 0 Å². The van der Waals surface area contributed by atoms with Crippen molar-refractivity contribution in [2.45, 2.75) is 0 Å². The molecule has 0 atom stereocenters. The zero-order valence-electron chi connectivity index (χ0n) is 11.6. The Hall–Kier alpha value is -3.42. The van der Waals surface area contributed by atoms with Crippen molar-refractivity contribution < 1.29 is 14.1 Å². The van der Waals surface area contributed by atoms with Crippen molar-refractivity contribution in [2.24, 2.45) is 0 Å². The van der Waals surface area contributed by atoms with Crippen LogP contribution in [0.5, 0.6) is 0 Å². The molecule has 114 valence electrons. The Morgan fingerprint density at radius 3 is 2.78 bits per heavy atom. The highest BCUT2D eigenvalue weighted by atomic mass is 19.1. The maximum absolute atomic E-state index is 13.5. The van der Waals surface area contributed by atoms with E-state index in [-0.39, 0.29) is 17.1 Å². The van der Waals surface area contributed by atoms with Gasteiger partial charge < -0.3 is 5.32 Å². The van der Waals surface area contributed by atoms with Crippen LogP contribution in [0.25, 0.3) is 10.9 Å². The molecule has 0 aliphatic carbocycles. The number of hydrogen-bond acceptors (Lipinski definition) is 5. The number of pyridine rings is 2. The predicted octanol–water partition coefficient (Wildman–Crippen LogP) is 2.93. The standard InChI is InChI=1S/C15H9FN4O3/c16-12-8-17-6-5-11(12)15(21)19-14-4-1-9-7-10(20(22)23)2-3-13(9)18-14/h1-8H,(H,18,19,21). The van der Waals surface area contributed by atoms with E-state index >= 15 is 0 Å². The molecule has 0 saturated heterocycles. The molecule has 7 nitrogen and oxygen atoms in total. The van der Waals surface area contributed by atoms with Crippen LogP contribution in [0.4, 0.5) is 15.9 Å². The number of non-ortho nitro benzene ring substituents is 1. The molecular formula is C15H9FN4O3. The average Bonchev–Trinajstić information content (AvgIpc) is 2.54. The molecule has 0 aliphatic heterocycles. The maximum Gasteiger partial charge on any atom is 0.270 e. The summed E-state index contributed by atoms with van der Waals surface area (Å²) in [4.78, 5) is 30.0. The first-order chi connectivity index (χ1) is 11.0. The van der Waals surface area contributed by atoms with Crippen molar-refractivity contribution >= 4 is 28.3 Å². The zero-order chi connectivity index (χ0) is 16.4. The fraction of sp³-hybridized carbons (Fsp3) is 0. The van der Waals surface area contributed by atoms with E-state index < -0.39 is 16.6 Å². The van der Waals surface area contributed by atoms with Crippen LogP contribution in [0.15, 0.2) is 48.8 Å². The van der Waals surface area contributed by atoms with Gasteiger partial charge in [0.05, 0.1) is 22.2 Å². The number of fused-ring (bicyclic) bond motifs is 1. The molecule has 1 amide bonds. The van der Waals surface area contributed by atoms with E-state index in [1.54, 1.807) is 6.07 Å². The third-order valence-corrected chi connectivity index (χ3v) is 3.14. The Bertz CT molecular complexity index is 929. The van der Waals surface area contributed by atoms with Gasteiger partial charge in [0, 0.05) is 23.7 Å². The van der Waals surface area contributed by atoms with E-state index in [0.29, 0.717) is 10.9 Å². The maximum atomic E-state index is 13.5. The lowest BCUT2D eigenvalue weighted by atomic mass is 10.2. The molecule has 1 N–H and O–H groups in total. The number of nitro groups is 1. The summed E-state index contributed by atoms with van der Waals surface area (Å²) in [6, 6.07) is 8.53. The number of nitrogens with zero attached hydrogens (tertiary/aromatic N) is 3. The molecule has 0 unspecified atom stereocenters. The van der Waals surface area contributed by atoms with Gasteiger partial charge >= 0.3 is 0 Å². The van der Waals surface area contributed by atoms with Gasteiger partial charge in [0.15, 0.2) is 5.82 Å². The summed E-state index contributed by atoms with van der Waals surface area (Å²) >= 11 is 0. The topological polar surface area (TPSA) is 98.0 Å². The molecule has 0 radical (unpaired) electrons. The number of halogens is 1. The molecule has 23 heavy (non-hydrogen) atoms. The molecular weight excluding hydrogens is 303 g/mol. The van der Waals surface area contributed by atoms with E-state index in [9.17, 15) is 19.3 Å². The number of rotatable bonds is 3. The Balaban J connectivity index is 1.89. The van der Waals surface area contributed by atoms with Gasteiger partial charge in [0.1, 0.15) is 5.82 Å². The second kappa shape index (κ2) is 5.76. The van der Waals surface area contributed by atoms with Crippen molar-refractivity contribution in [2.75, 3.05) is 5.32 Å². The summed E-state index contributed by atoms with van der Waals surface area (Å²) in [5, 5.41) is 13.8. The normalized spacial score (nSPS) is 10.5. The minimum atomic E-state index is -0.735. The van der Waals surface area contributed by atoms with E-state index in [0.717, 1.165) is 6.20 Å². The Labute approximate surface area is 129 Å². The van der Waals surface area contributed by atoms with Gasteiger partial charge in [-0.2, -0.15) is 0 Å². The number of nitrogens with one attached hydrogen (secondary N) is 1. The number of carbonyl (C=O) groups excluding carboxylic acids is 1. The first-order valence-electron chi connectivity index (χ1n) is 6.50. The highest BCUT2D eigenvalue weighted by molar-refractivity contribution is 6.04. The summed E-state index contributed by atoms with van der Waals surface area (Å²) in [7, 11) is 0. The van der Waals surface area contributed by atoms with Crippen LogP contribution in [-0.2, 0) is 0 Å². The third-order valence-electron chi connectivity index (χ3n) is 3.14. The van der Waals surface area contributed by atoms with Crippen LogP contribution < -0.4 is 5.32 Å². The largest absolute Gasteiger partial charge is 0.306 e. The molecule has 8 heteroatoms. The molecule has 1 aromatic carbocycles. The van der Waals surface area contributed by atoms with E-state index in [4.69, 9.17) is 0 Å². The molecule has 0 bridgehead atoms. The van der Waals surface area contributed by atoms with Crippen molar-refractivity contribution in [1.82, 2.24) is 9.97 Å². The summed E-state index contributed by atoms with van der Waals surface area (Å²) < 4.78 is 13.5. The number of nitro benzene ring substituents is 1. The summed E-state index contributed by atoms with van der Waals surface area (Å²) in [5.74, 6) is -1.17. The van der Waals surface area contributed by atoms with E-state index in [1.165, 1.54) is 36.5 Å². The lowest BCUT2D eigenvalue weighted by Gasteiger charge is -2.06. The SMILES string of the molecule is O=C(Nc1ccc2cc([N+](=O)[O-])ccc2n1)c1ccncc1F. The van der Waals surface area contributed by atoms with Crippen LogP contribution in [0.2, 0.25) is 0 Å². The third kappa shape index (κ3) is 2.95. The number of anilines is 1. The van der Waals surface area contributed by atoms with Crippen LogP contribution in [0, 0.1) is 15.9 Å². The lowest BCUT2D eigenvalue weighted by molar-refractivity contribution is -0.384. The highest BCUT2D eigenvalue weighted by Gasteiger charge is 2.13. The van der Waals surface area contributed by atoms with Crippen LogP contribution in [0.3, 0.4) is 0 Å². The van der Waals surface area contributed by atoms with Crippen LogP contribution >= 0.6 is 0 Å². The quantitative estimate of drug-likeness (QED) is 0.592. The van der Waals surface area contributed by atoms with Gasteiger partial charge in [-0.3, -0.25) is 19.9 Å². The van der Waals surface area contributed by atoms with Crippen molar-refractivity contribution in [3.63, 3.8) is 0 Å². The monoisotopic (exact) mass is 312 g/mol. The summed E-state index contributed by atoms with van der Waals surface area (Å²) in [6.07, 6.45) is 2.26. The van der Waals surface area contributed by atoms with Gasteiger partial charge in [-0.05, 0) is 24.3 Å². The molecule has 0 aliphatic rings. The van der Waals surface area contributed by atoms with Crippen LogP contribution in [0.1, 0.15) is 10.4 Å². The number of aromatic nitrogens is 2. The van der Waals surface area contributed by atoms with Gasteiger partial charge in [0.2, 0.25) is 0 Å². The molecule has 0 spiro atoms. The lowest BCUT2D eigenvalue weighted by Crippen LogP contribution is -2.14. The van der Waals surface area contributed by atoms with Gasteiger partial charge in [-0.25, -0.2) is 9.37 Å². The number of hydrogen-bond donors (Lipinski definition) is 1. The molecule has 0 fully saturated rings. The number of carbonyl (C=O) groups is 1. The molecule has 3 aromatic rings. The molecule has 2 heterocycles. The van der Waals surface area contributed by atoms with Crippen LogP contribution in [-0.4, -0.2) is 20.8 Å². The second-order valence-electron chi connectivity index (χ2n) is 4.64. The zero-order valence-corrected chi connectivity index (χ0v) is 11.6. The summed E-state index contributed by atoms with van der Waals surface area (Å²) in [5.41, 5.74) is 0.282. The van der Waals surface area contributed by atoms with E-state index in [2.05, 4.69) is 15.3 Å². The fourth-order valence-electron chi connectivity index (χ4n) is 2.04. The Kier molecular flexibility index (Phi) is 3.63. The van der Waals surface area contributed by atoms with Gasteiger partial charge in [0.25, 0.3) is 11.6 Å². The Morgan fingerprint density at radius 1 is 1.22 bits per heavy atom. The van der Waals surface area contributed by atoms with Crippen molar-refractivity contribution in [1.29, 1.82) is 0 Å². The second-order valence-corrected chi connectivity index (χ2v) is 4.64. The minimum Gasteiger partial charge on any atom is -0.306 e. The highest BCUT2D eigenvalue weighted by Crippen LogP contribution is 2.21. The molecule has 2 aromatic heterocycles. The molecule has 0 saturated carbocycles. The number of benzene rings is 1. The van der Waals surface area contributed by atoms with Crippen molar-refractivity contribution in [3.05, 3.63) is 70.3 Å².